The average molecular weight is 258 g/mol. The maximum absolute atomic E-state index is 11.3. The van der Waals surface area contributed by atoms with Crippen molar-refractivity contribution in [2.24, 2.45) is 5.92 Å². The summed E-state index contributed by atoms with van der Waals surface area (Å²) in [5.41, 5.74) is 0. The summed E-state index contributed by atoms with van der Waals surface area (Å²) < 4.78 is 24.4. The number of aromatic nitrogens is 3. The zero-order chi connectivity index (χ0) is 12.3. The maximum atomic E-state index is 11.3. The Kier molecular flexibility index (Phi) is 3.78. The quantitative estimate of drug-likeness (QED) is 0.793. The van der Waals surface area contributed by atoms with Crippen molar-refractivity contribution in [1.29, 1.82) is 0 Å². The molecule has 0 bridgehead atoms. The summed E-state index contributed by atoms with van der Waals surface area (Å²) >= 11 is 0. The molecule has 0 saturated carbocycles. The van der Waals surface area contributed by atoms with Gasteiger partial charge in [0.25, 0.3) is 0 Å². The van der Waals surface area contributed by atoms with E-state index in [0.717, 1.165) is 25.3 Å². The second-order valence-electron chi connectivity index (χ2n) is 4.39. The number of aryl methyl sites for hydroxylation is 1. The number of sulfone groups is 1. The van der Waals surface area contributed by atoms with E-state index in [2.05, 4.69) is 15.4 Å². The molecule has 0 radical (unpaired) electrons. The van der Waals surface area contributed by atoms with Crippen molar-refractivity contribution in [3.63, 3.8) is 0 Å². The number of rotatable bonds is 5. The van der Waals surface area contributed by atoms with Gasteiger partial charge in [-0.15, -0.1) is 0 Å². The molecule has 1 aliphatic heterocycles. The van der Waals surface area contributed by atoms with Crippen molar-refractivity contribution in [1.82, 2.24) is 20.1 Å². The van der Waals surface area contributed by atoms with E-state index in [9.17, 15) is 8.42 Å². The third-order valence-electron chi connectivity index (χ3n) is 3.04. The van der Waals surface area contributed by atoms with Gasteiger partial charge in [0.2, 0.25) is 0 Å². The molecule has 0 aliphatic carbocycles. The van der Waals surface area contributed by atoms with E-state index in [1.54, 1.807) is 6.33 Å². The van der Waals surface area contributed by atoms with Crippen LogP contribution in [0.1, 0.15) is 19.2 Å². The molecule has 1 fully saturated rings. The first kappa shape index (κ1) is 12.5. The first-order chi connectivity index (χ1) is 8.11. The van der Waals surface area contributed by atoms with Gasteiger partial charge >= 0.3 is 0 Å². The molecule has 1 saturated heterocycles. The molecule has 2 heterocycles. The van der Waals surface area contributed by atoms with Gasteiger partial charge < -0.3 is 5.32 Å². The van der Waals surface area contributed by atoms with Crippen molar-refractivity contribution >= 4 is 9.84 Å². The summed E-state index contributed by atoms with van der Waals surface area (Å²) in [4.78, 5) is 4.15. The van der Waals surface area contributed by atoms with Gasteiger partial charge in [-0.3, -0.25) is 0 Å². The second kappa shape index (κ2) is 5.14. The lowest BCUT2D eigenvalue weighted by Gasteiger charge is -2.09. The van der Waals surface area contributed by atoms with Crippen LogP contribution >= 0.6 is 0 Å². The fourth-order valence-corrected chi connectivity index (χ4v) is 3.97. The Bertz CT molecular complexity index is 468. The van der Waals surface area contributed by atoms with Crippen LogP contribution in [0.25, 0.3) is 0 Å². The predicted octanol–water partition coefficient (Wildman–Crippen LogP) is -0.178. The van der Waals surface area contributed by atoms with Gasteiger partial charge in [0.05, 0.1) is 18.1 Å². The Morgan fingerprint density at radius 2 is 2.41 bits per heavy atom. The van der Waals surface area contributed by atoms with Gasteiger partial charge in [-0.1, -0.05) is 0 Å². The van der Waals surface area contributed by atoms with E-state index in [4.69, 9.17) is 0 Å². The molecule has 1 atom stereocenters. The Morgan fingerprint density at radius 1 is 1.59 bits per heavy atom. The molecule has 2 rings (SSSR count). The summed E-state index contributed by atoms with van der Waals surface area (Å²) in [6, 6.07) is 0. The highest BCUT2D eigenvalue weighted by atomic mass is 32.2. The molecule has 96 valence electrons. The largest absolute Gasteiger partial charge is 0.310 e. The summed E-state index contributed by atoms with van der Waals surface area (Å²) in [6.45, 7) is 4.19. The minimum Gasteiger partial charge on any atom is -0.310 e. The summed E-state index contributed by atoms with van der Waals surface area (Å²) in [7, 11) is -2.77. The fourth-order valence-electron chi connectivity index (χ4n) is 2.11. The van der Waals surface area contributed by atoms with E-state index in [1.807, 2.05) is 11.6 Å². The summed E-state index contributed by atoms with van der Waals surface area (Å²) in [5, 5.41) is 7.33. The van der Waals surface area contributed by atoms with Gasteiger partial charge in [0, 0.05) is 6.54 Å². The van der Waals surface area contributed by atoms with Crippen molar-refractivity contribution in [3.05, 3.63) is 12.2 Å². The van der Waals surface area contributed by atoms with Crippen molar-refractivity contribution in [2.45, 2.75) is 26.4 Å². The average Bonchev–Trinajstić information content (AvgIpc) is 2.85. The topological polar surface area (TPSA) is 76.9 Å². The molecule has 17 heavy (non-hydrogen) atoms. The smallest absolute Gasteiger partial charge is 0.150 e. The first-order valence-electron chi connectivity index (χ1n) is 5.88. The number of nitrogens with one attached hydrogen (secondary N) is 1. The summed E-state index contributed by atoms with van der Waals surface area (Å²) in [6.07, 6.45) is 2.32. The van der Waals surface area contributed by atoms with E-state index in [-0.39, 0.29) is 5.92 Å². The Balaban J connectivity index is 1.77. The number of hydrogen-bond donors (Lipinski definition) is 1. The molecule has 1 aromatic rings. The third-order valence-corrected chi connectivity index (χ3v) is 4.88. The van der Waals surface area contributed by atoms with Crippen molar-refractivity contribution in [3.8, 4) is 0 Å². The molecule has 1 aromatic heterocycles. The SMILES string of the molecule is CCn1ncnc1CNCC1CCS(=O)(=O)C1. The molecule has 1 aliphatic rings. The van der Waals surface area contributed by atoms with Gasteiger partial charge in [-0.25, -0.2) is 18.1 Å². The van der Waals surface area contributed by atoms with Gasteiger partial charge in [0.15, 0.2) is 9.84 Å². The van der Waals surface area contributed by atoms with Gasteiger partial charge in [-0.05, 0) is 25.8 Å². The molecule has 7 heteroatoms. The zero-order valence-corrected chi connectivity index (χ0v) is 10.8. The molecular formula is C10H18N4O2S. The Hall–Kier alpha value is -0.950. The lowest BCUT2D eigenvalue weighted by Crippen LogP contribution is -2.25. The highest BCUT2D eigenvalue weighted by molar-refractivity contribution is 7.91. The Morgan fingerprint density at radius 3 is 3.06 bits per heavy atom. The molecule has 0 spiro atoms. The van der Waals surface area contributed by atoms with Crippen molar-refractivity contribution in [2.75, 3.05) is 18.1 Å². The Labute approximate surface area is 101 Å². The van der Waals surface area contributed by atoms with Crippen LogP contribution < -0.4 is 5.32 Å². The standard InChI is InChI=1S/C10H18N4O2S/c1-2-14-10(12-8-13-14)6-11-5-9-3-4-17(15,16)7-9/h8-9,11H,2-7H2,1H3. The normalized spacial score (nSPS) is 23.0. The minimum atomic E-state index is -2.77. The minimum absolute atomic E-state index is 0.248. The molecule has 0 aromatic carbocycles. The van der Waals surface area contributed by atoms with E-state index < -0.39 is 9.84 Å². The number of nitrogens with zero attached hydrogens (tertiary/aromatic N) is 3. The highest BCUT2D eigenvalue weighted by Crippen LogP contribution is 2.17. The van der Waals surface area contributed by atoms with E-state index in [0.29, 0.717) is 18.1 Å². The van der Waals surface area contributed by atoms with Crippen LogP contribution in [0.5, 0.6) is 0 Å². The van der Waals surface area contributed by atoms with Crippen LogP contribution in [0.15, 0.2) is 6.33 Å². The fraction of sp³-hybridized carbons (Fsp3) is 0.800. The van der Waals surface area contributed by atoms with Gasteiger partial charge in [-0.2, -0.15) is 5.10 Å². The van der Waals surface area contributed by atoms with E-state index >= 15 is 0 Å². The van der Waals surface area contributed by atoms with Gasteiger partial charge in [0.1, 0.15) is 12.2 Å². The zero-order valence-electron chi connectivity index (χ0n) is 9.96. The predicted molar refractivity (Wildman–Crippen MR) is 64.2 cm³/mol. The summed E-state index contributed by atoms with van der Waals surface area (Å²) in [5.74, 6) is 1.80. The molecule has 6 nitrogen and oxygen atoms in total. The first-order valence-corrected chi connectivity index (χ1v) is 7.70. The third kappa shape index (κ3) is 3.26. The lowest BCUT2D eigenvalue weighted by atomic mass is 10.1. The lowest BCUT2D eigenvalue weighted by molar-refractivity contribution is 0.499. The maximum Gasteiger partial charge on any atom is 0.150 e. The van der Waals surface area contributed by atoms with Crippen molar-refractivity contribution < 1.29 is 8.42 Å². The van der Waals surface area contributed by atoms with Crippen LogP contribution in [0.2, 0.25) is 0 Å². The van der Waals surface area contributed by atoms with Crippen LogP contribution in [0, 0.1) is 5.92 Å². The molecular weight excluding hydrogens is 240 g/mol. The van der Waals surface area contributed by atoms with E-state index in [1.165, 1.54) is 0 Å². The van der Waals surface area contributed by atoms with Crippen LogP contribution in [-0.2, 0) is 22.9 Å². The van der Waals surface area contributed by atoms with Crippen LogP contribution in [0.3, 0.4) is 0 Å². The highest BCUT2D eigenvalue weighted by Gasteiger charge is 2.27. The van der Waals surface area contributed by atoms with Crippen LogP contribution in [0.4, 0.5) is 0 Å². The number of hydrogen-bond acceptors (Lipinski definition) is 5. The molecule has 1 N–H and O–H groups in total. The van der Waals surface area contributed by atoms with Crippen LogP contribution in [-0.4, -0.2) is 41.2 Å². The second-order valence-corrected chi connectivity index (χ2v) is 6.62. The monoisotopic (exact) mass is 258 g/mol. The molecule has 0 amide bonds. The molecule has 1 unspecified atom stereocenters.